The molecule has 0 aliphatic carbocycles. The van der Waals surface area contributed by atoms with Crippen LogP contribution in [0.5, 0.6) is 5.75 Å². The molecule has 3 amide bonds. The van der Waals surface area contributed by atoms with Crippen molar-refractivity contribution in [3.8, 4) is 5.75 Å². The Kier molecular flexibility index (Phi) is 8.74. The van der Waals surface area contributed by atoms with Crippen molar-refractivity contribution in [2.45, 2.75) is 20.8 Å². The molecule has 3 aromatic carbocycles. The van der Waals surface area contributed by atoms with Gasteiger partial charge in [-0.05, 0) is 73.4 Å². The molecule has 0 aliphatic rings. The van der Waals surface area contributed by atoms with Gasteiger partial charge in [-0.1, -0.05) is 46.3 Å². The summed E-state index contributed by atoms with van der Waals surface area (Å²) in [6.07, 6.45) is 1.38. The molecule has 9 heteroatoms. The fourth-order valence-corrected chi connectivity index (χ4v) is 3.40. The average Bonchev–Trinajstić information content (AvgIpc) is 2.82. The number of benzene rings is 3. The number of hydrogen-bond donors (Lipinski definition) is 3. The lowest BCUT2D eigenvalue weighted by Gasteiger charge is -2.10. The van der Waals surface area contributed by atoms with E-state index in [4.69, 9.17) is 4.74 Å². The maximum Gasteiger partial charge on any atom is 0.329 e. The largest absolute Gasteiger partial charge is 0.484 e. The number of nitrogens with one attached hydrogen (secondary N) is 3. The molecule has 0 heterocycles. The van der Waals surface area contributed by atoms with Gasteiger partial charge in [0.1, 0.15) is 5.75 Å². The summed E-state index contributed by atoms with van der Waals surface area (Å²) in [5.74, 6) is -1.55. The molecule has 0 aromatic heterocycles. The van der Waals surface area contributed by atoms with Crippen LogP contribution in [0, 0.1) is 20.8 Å². The summed E-state index contributed by atoms with van der Waals surface area (Å²) >= 11 is 3.42. The number of carbonyl (C=O) groups is 3. The summed E-state index contributed by atoms with van der Waals surface area (Å²) in [5.41, 5.74) is 6.81. The van der Waals surface area contributed by atoms with Gasteiger partial charge in [0.25, 0.3) is 5.91 Å². The molecular formula is C26H25BrN4O4. The Bertz CT molecular complexity index is 1270. The zero-order valence-electron chi connectivity index (χ0n) is 19.5. The number of rotatable bonds is 7. The molecular weight excluding hydrogens is 512 g/mol. The highest BCUT2D eigenvalue weighted by molar-refractivity contribution is 9.10. The molecule has 0 spiro atoms. The number of hydrogen-bond acceptors (Lipinski definition) is 5. The van der Waals surface area contributed by atoms with Crippen molar-refractivity contribution in [2.24, 2.45) is 5.10 Å². The third kappa shape index (κ3) is 7.51. The van der Waals surface area contributed by atoms with E-state index >= 15 is 0 Å². The highest BCUT2D eigenvalue weighted by atomic mass is 79.9. The van der Waals surface area contributed by atoms with Gasteiger partial charge in [0.15, 0.2) is 6.61 Å². The van der Waals surface area contributed by atoms with Crippen molar-refractivity contribution in [2.75, 3.05) is 17.2 Å². The fourth-order valence-electron chi connectivity index (χ4n) is 3.15. The van der Waals surface area contributed by atoms with Crippen LogP contribution < -0.4 is 20.8 Å². The van der Waals surface area contributed by atoms with Crippen LogP contribution >= 0.6 is 15.9 Å². The van der Waals surface area contributed by atoms with Crippen molar-refractivity contribution in [3.05, 3.63) is 87.4 Å². The quantitative estimate of drug-likeness (QED) is 0.235. The first-order valence-electron chi connectivity index (χ1n) is 10.7. The van der Waals surface area contributed by atoms with Gasteiger partial charge in [-0.25, -0.2) is 5.43 Å². The second kappa shape index (κ2) is 11.9. The molecule has 8 nitrogen and oxygen atoms in total. The van der Waals surface area contributed by atoms with Crippen LogP contribution in [0.1, 0.15) is 22.3 Å². The van der Waals surface area contributed by atoms with Crippen LogP contribution in [0.3, 0.4) is 0 Å². The van der Waals surface area contributed by atoms with Crippen LogP contribution in [0.2, 0.25) is 0 Å². The number of carbonyl (C=O) groups excluding carboxylic acids is 3. The number of ether oxygens (including phenoxy) is 1. The van der Waals surface area contributed by atoms with Gasteiger partial charge in [-0.3, -0.25) is 14.4 Å². The molecule has 35 heavy (non-hydrogen) atoms. The maximum absolute atomic E-state index is 12.2. The van der Waals surface area contributed by atoms with Gasteiger partial charge in [0.2, 0.25) is 0 Å². The first-order valence-corrected chi connectivity index (χ1v) is 11.5. The van der Waals surface area contributed by atoms with E-state index in [2.05, 4.69) is 37.1 Å². The van der Waals surface area contributed by atoms with Gasteiger partial charge >= 0.3 is 11.8 Å². The van der Waals surface area contributed by atoms with Crippen molar-refractivity contribution < 1.29 is 19.1 Å². The second-order valence-electron chi connectivity index (χ2n) is 7.79. The van der Waals surface area contributed by atoms with E-state index in [-0.39, 0.29) is 12.5 Å². The third-order valence-electron chi connectivity index (χ3n) is 4.98. The van der Waals surface area contributed by atoms with Crippen LogP contribution in [0.4, 0.5) is 11.4 Å². The number of nitrogens with zero attached hydrogens (tertiary/aromatic N) is 1. The Hall–Kier alpha value is -3.98. The van der Waals surface area contributed by atoms with E-state index in [9.17, 15) is 14.4 Å². The Morgan fingerprint density at radius 2 is 1.60 bits per heavy atom. The zero-order valence-corrected chi connectivity index (χ0v) is 21.1. The van der Waals surface area contributed by atoms with E-state index in [1.165, 1.54) is 6.21 Å². The summed E-state index contributed by atoms with van der Waals surface area (Å²) < 4.78 is 6.52. The highest BCUT2D eigenvalue weighted by Gasteiger charge is 2.15. The van der Waals surface area contributed by atoms with Gasteiger partial charge in [0.05, 0.1) is 6.21 Å². The number of para-hydroxylation sites is 1. The van der Waals surface area contributed by atoms with Crippen LogP contribution in [0.25, 0.3) is 0 Å². The van der Waals surface area contributed by atoms with E-state index in [1.54, 1.807) is 30.3 Å². The fraction of sp³-hybridized carbons (Fsp3) is 0.154. The molecule has 0 radical (unpaired) electrons. The topological polar surface area (TPSA) is 109 Å². The van der Waals surface area contributed by atoms with E-state index < -0.39 is 11.8 Å². The maximum atomic E-state index is 12.2. The van der Waals surface area contributed by atoms with Gasteiger partial charge in [-0.15, -0.1) is 0 Å². The van der Waals surface area contributed by atoms with Crippen LogP contribution in [-0.2, 0) is 14.4 Å². The van der Waals surface area contributed by atoms with Crippen molar-refractivity contribution >= 4 is 51.2 Å². The van der Waals surface area contributed by atoms with E-state index in [1.807, 2.05) is 51.1 Å². The predicted octanol–water partition coefficient (Wildman–Crippen LogP) is 4.48. The van der Waals surface area contributed by atoms with Crippen molar-refractivity contribution in [1.82, 2.24) is 5.43 Å². The summed E-state index contributed by atoms with van der Waals surface area (Å²) in [4.78, 5) is 36.4. The smallest absolute Gasteiger partial charge is 0.329 e. The molecule has 0 bridgehead atoms. The lowest BCUT2D eigenvalue weighted by atomic mass is 10.1. The zero-order chi connectivity index (χ0) is 25.4. The van der Waals surface area contributed by atoms with Gasteiger partial charge < -0.3 is 15.4 Å². The standard InChI is InChI=1S/C26H25BrN4O4/c1-16-6-4-7-17(2)24(16)30-25(33)26(34)31-28-14-19-8-5-9-21(13-19)35-15-23(32)29-20-10-11-22(27)18(3)12-20/h4-14H,15H2,1-3H3,(H,29,32)(H,30,33)(H,31,34)/b28-14-. The average molecular weight is 537 g/mol. The number of amides is 3. The third-order valence-corrected chi connectivity index (χ3v) is 5.87. The number of halogens is 1. The monoisotopic (exact) mass is 536 g/mol. The Balaban J connectivity index is 1.50. The SMILES string of the molecule is Cc1cc(NC(=O)COc2cccc(/C=N\NC(=O)C(=O)Nc3c(C)cccc3C)c2)ccc1Br. The molecule has 0 saturated carbocycles. The van der Waals surface area contributed by atoms with Crippen LogP contribution in [-0.4, -0.2) is 30.5 Å². The molecule has 0 unspecified atom stereocenters. The molecule has 180 valence electrons. The number of aryl methyl sites for hydroxylation is 3. The molecule has 0 saturated heterocycles. The minimum atomic E-state index is -0.892. The molecule has 3 aromatic rings. The Morgan fingerprint density at radius 3 is 2.31 bits per heavy atom. The molecule has 0 fully saturated rings. The first kappa shape index (κ1) is 25.6. The Morgan fingerprint density at radius 1 is 0.886 bits per heavy atom. The Labute approximate surface area is 211 Å². The summed E-state index contributed by atoms with van der Waals surface area (Å²) in [7, 11) is 0. The van der Waals surface area contributed by atoms with Crippen molar-refractivity contribution in [3.63, 3.8) is 0 Å². The minimum Gasteiger partial charge on any atom is -0.484 e. The lowest BCUT2D eigenvalue weighted by Crippen LogP contribution is -2.32. The first-order chi connectivity index (χ1) is 16.7. The highest BCUT2D eigenvalue weighted by Crippen LogP contribution is 2.20. The van der Waals surface area contributed by atoms with Gasteiger partial charge in [0, 0.05) is 15.8 Å². The summed E-state index contributed by atoms with van der Waals surface area (Å²) in [6.45, 7) is 5.45. The number of hydrazone groups is 1. The molecule has 3 N–H and O–H groups in total. The summed E-state index contributed by atoms with van der Waals surface area (Å²) in [6, 6.07) is 17.9. The second-order valence-corrected chi connectivity index (χ2v) is 8.65. The molecule has 3 rings (SSSR count). The minimum absolute atomic E-state index is 0.176. The van der Waals surface area contributed by atoms with Crippen LogP contribution in [0.15, 0.2) is 70.2 Å². The van der Waals surface area contributed by atoms with E-state index in [0.29, 0.717) is 22.7 Å². The number of anilines is 2. The summed E-state index contributed by atoms with van der Waals surface area (Å²) in [5, 5.41) is 9.21. The lowest BCUT2D eigenvalue weighted by molar-refractivity contribution is -0.136. The van der Waals surface area contributed by atoms with Crippen molar-refractivity contribution in [1.29, 1.82) is 0 Å². The normalized spacial score (nSPS) is 10.6. The molecule has 0 atom stereocenters. The predicted molar refractivity (Wildman–Crippen MR) is 140 cm³/mol. The molecule has 0 aliphatic heterocycles. The van der Waals surface area contributed by atoms with Gasteiger partial charge in [-0.2, -0.15) is 5.10 Å². The van der Waals surface area contributed by atoms with E-state index in [0.717, 1.165) is 21.2 Å².